The predicted octanol–water partition coefficient (Wildman–Crippen LogP) is 5.99. The maximum atomic E-state index is 12.5. The molecule has 29 heavy (non-hydrogen) atoms. The maximum Gasteiger partial charge on any atom is 0.224 e. The van der Waals surface area contributed by atoms with E-state index in [1.54, 1.807) is 18.2 Å². The van der Waals surface area contributed by atoms with Crippen LogP contribution >= 0.6 is 34.8 Å². The fourth-order valence-corrected chi connectivity index (χ4v) is 3.49. The topological polar surface area (TPSA) is 46.9 Å². The number of benzene rings is 2. The molecule has 4 nitrogen and oxygen atoms in total. The fourth-order valence-electron chi connectivity index (χ4n) is 2.83. The van der Waals surface area contributed by atoms with Gasteiger partial charge >= 0.3 is 0 Å². The first-order chi connectivity index (χ1) is 13.6. The van der Waals surface area contributed by atoms with Crippen molar-refractivity contribution in [3.8, 4) is 5.69 Å². The Bertz CT molecular complexity index is 1040. The summed E-state index contributed by atoms with van der Waals surface area (Å²) in [5.74, 6) is -0.134. The predicted molar refractivity (Wildman–Crippen MR) is 119 cm³/mol. The van der Waals surface area contributed by atoms with E-state index < -0.39 is 0 Å². The third-order valence-corrected chi connectivity index (χ3v) is 5.26. The smallest absolute Gasteiger partial charge is 0.224 e. The van der Waals surface area contributed by atoms with Crippen LogP contribution in [0.2, 0.25) is 15.1 Å². The van der Waals surface area contributed by atoms with Crippen LogP contribution in [-0.4, -0.2) is 15.7 Å². The number of carbonyl (C=O) groups excluding carboxylic acids is 1. The number of rotatable bonds is 5. The van der Waals surface area contributed by atoms with E-state index in [-0.39, 0.29) is 17.7 Å². The van der Waals surface area contributed by atoms with Crippen molar-refractivity contribution in [1.29, 1.82) is 0 Å². The molecule has 1 N–H and O–H groups in total. The Morgan fingerprint density at radius 2 is 1.76 bits per heavy atom. The summed E-state index contributed by atoms with van der Waals surface area (Å²) >= 11 is 18.2. The molecule has 0 saturated heterocycles. The van der Waals surface area contributed by atoms with E-state index in [1.807, 2.05) is 35.0 Å². The molecular weight excluding hydrogens is 429 g/mol. The minimum Gasteiger partial charge on any atom is -0.350 e. The molecule has 1 amide bonds. The van der Waals surface area contributed by atoms with E-state index >= 15 is 0 Å². The molecule has 152 valence electrons. The van der Waals surface area contributed by atoms with Crippen molar-refractivity contribution >= 4 is 40.7 Å². The number of carbonyl (C=O) groups is 1. The van der Waals surface area contributed by atoms with Crippen LogP contribution < -0.4 is 5.32 Å². The van der Waals surface area contributed by atoms with Crippen LogP contribution in [0, 0.1) is 0 Å². The molecule has 0 bridgehead atoms. The Morgan fingerprint density at radius 1 is 1.03 bits per heavy atom. The van der Waals surface area contributed by atoms with E-state index in [0.29, 0.717) is 21.6 Å². The summed E-state index contributed by atoms with van der Waals surface area (Å²) in [6.45, 7) is 6.63. The highest BCUT2D eigenvalue weighted by molar-refractivity contribution is 6.35. The van der Waals surface area contributed by atoms with Gasteiger partial charge in [-0.3, -0.25) is 4.79 Å². The highest BCUT2D eigenvalue weighted by Crippen LogP contribution is 2.25. The van der Waals surface area contributed by atoms with Crippen LogP contribution in [0.25, 0.3) is 5.69 Å². The van der Waals surface area contributed by atoms with Crippen molar-refractivity contribution in [2.24, 2.45) is 0 Å². The zero-order valence-corrected chi connectivity index (χ0v) is 18.7. The molecule has 2 aromatic carbocycles. The molecule has 0 saturated carbocycles. The third-order valence-electron chi connectivity index (χ3n) is 4.44. The molecule has 0 radical (unpaired) electrons. The molecule has 3 rings (SSSR count). The van der Waals surface area contributed by atoms with Gasteiger partial charge in [-0.15, -0.1) is 0 Å². The highest BCUT2D eigenvalue weighted by Gasteiger charge is 2.21. The molecule has 0 atom stereocenters. The van der Waals surface area contributed by atoms with Gasteiger partial charge in [0.25, 0.3) is 0 Å². The summed E-state index contributed by atoms with van der Waals surface area (Å²) in [5, 5.41) is 9.35. The van der Waals surface area contributed by atoms with Crippen LogP contribution in [0.15, 0.2) is 48.5 Å². The van der Waals surface area contributed by atoms with Gasteiger partial charge in [-0.25, -0.2) is 4.68 Å². The van der Waals surface area contributed by atoms with Crippen LogP contribution in [0.3, 0.4) is 0 Å². The van der Waals surface area contributed by atoms with Gasteiger partial charge < -0.3 is 5.32 Å². The van der Waals surface area contributed by atoms with E-state index in [1.165, 1.54) is 0 Å². The number of hydrogen-bond donors (Lipinski definition) is 1. The van der Waals surface area contributed by atoms with E-state index in [4.69, 9.17) is 39.9 Å². The molecule has 0 unspecified atom stereocenters. The lowest BCUT2D eigenvalue weighted by Crippen LogP contribution is -2.25. The van der Waals surface area contributed by atoms with E-state index in [2.05, 4.69) is 26.1 Å². The first-order valence-electron chi connectivity index (χ1n) is 9.19. The second-order valence-corrected chi connectivity index (χ2v) is 9.13. The molecule has 0 aliphatic carbocycles. The zero-order chi connectivity index (χ0) is 21.2. The van der Waals surface area contributed by atoms with Crippen molar-refractivity contribution < 1.29 is 4.79 Å². The van der Waals surface area contributed by atoms with Crippen LogP contribution in [-0.2, 0) is 23.2 Å². The molecule has 1 aromatic heterocycles. The summed E-state index contributed by atoms with van der Waals surface area (Å²) in [6, 6.07) is 14.6. The largest absolute Gasteiger partial charge is 0.350 e. The van der Waals surface area contributed by atoms with Gasteiger partial charge in [0, 0.05) is 20.5 Å². The Balaban J connectivity index is 1.80. The molecule has 1 heterocycles. The van der Waals surface area contributed by atoms with Crippen molar-refractivity contribution in [1.82, 2.24) is 15.1 Å². The average Bonchev–Trinajstić information content (AvgIpc) is 3.07. The zero-order valence-electron chi connectivity index (χ0n) is 16.5. The molecular formula is C22H22Cl3N3O. The first-order valence-corrected chi connectivity index (χ1v) is 10.3. The van der Waals surface area contributed by atoms with Gasteiger partial charge in [-0.1, -0.05) is 67.7 Å². The van der Waals surface area contributed by atoms with Gasteiger partial charge in [0.05, 0.1) is 30.0 Å². The van der Waals surface area contributed by atoms with Crippen LogP contribution in [0.5, 0.6) is 0 Å². The average molecular weight is 451 g/mol. The number of nitrogens with zero attached hydrogens (tertiary/aromatic N) is 2. The van der Waals surface area contributed by atoms with E-state index in [9.17, 15) is 4.79 Å². The lowest BCUT2D eigenvalue weighted by Gasteiger charge is -2.14. The summed E-state index contributed by atoms with van der Waals surface area (Å²) in [6.07, 6.45) is 0.174. The normalized spacial score (nSPS) is 11.5. The van der Waals surface area contributed by atoms with Gasteiger partial charge in [-0.2, -0.15) is 5.10 Å². The van der Waals surface area contributed by atoms with Gasteiger partial charge in [0.1, 0.15) is 0 Å². The molecule has 0 spiro atoms. The molecule has 7 heteroatoms. The van der Waals surface area contributed by atoms with Crippen molar-refractivity contribution in [3.05, 3.63) is 80.6 Å². The minimum atomic E-state index is -0.134. The van der Waals surface area contributed by atoms with Crippen LogP contribution in [0.1, 0.15) is 37.7 Å². The van der Waals surface area contributed by atoms with Crippen LogP contribution in [0.4, 0.5) is 0 Å². The summed E-state index contributed by atoms with van der Waals surface area (Å²) in [4.78, 5) is 12.5. The van der Waals surface area contributed by atoms with Gasteiger partial charge in [-0.05, 0) is 42.0 Å². The lowest BCUT2D eigenvalue weighted by molar-refractivity contribution is -0.120. The van der Waals surface area contributed by atoms with Crippen molar-refractivity contribution in [2.45, 2.75) is 39.2 Å². The summed E-state index contributed by atoms with van der Waals surface area (Å²) in [7, 11) is 0. The number of amides is 1. The Kier molecular flexibility index (Phi) is 6.57. The minimum absolute atomic E-state index is 0.126. The van der Waals surface area contributed by atoms with Crippen molar-refractivity contribution in [2.75, 3.05) is 0 Å². The number of nitrogens with one attached hydrogen (secondary N) is 1. The molecule has 0 aliphatic heterocycles. The van der Waals surface area contributed by atoms with E-state index in [0.717, 1.165) is 22.6 Å². The van der Waals surface area contributed by atoms with Gasteiger partial charge in [0.15, 0.2) is 0 Å². The molecule has 3 aromatic rings. The molecule has 0 fully saturated rings. The highest BCUT2D eigenvalue weighted by atomic mass is 35.5. The van der Waals surface area contributed by atoms with Crippen molar-refractivity contribution in [3.63, 3.8) is 0 Å². The quantitative estimate of drug-likeness (QED) is 0.519. The Labute approximate surface area is 185 Å². The number of aromatic nitrogens is 2. The lowest BCUT2D eigenvalue weighted by atomic mass is 9.92. The second kappa shape index (κ2) is 8.78. The third kappa shape index (κ3) is 5.53. The molecule has 0 aliphatic rings. The number of hydrogen-bond acceptors (Lipinski definition) is 2. The second-order valence-electron chi connectivity index (χ2n) is 7.85. The monoisotopic (exact) mass is 449 g/mol. The SMILES string of the molecule is CC(C)(C)c1cc(CNC(=O)Cc2ccc(Cl)cc2Cl)n(-c2cccc(Cl)c2)n1. The maximum absolute atomic E-state index is 12.5. The summed E-state index contributed by atoms with van der Waals surface area (Å²) in [5.41, 5.74) is 3.25. The Morgan fingerprint density at radius 3 is 2.41 bits per heavy atom. The number of halogens is 3. The first kappa shape index (κ1) is 21.7. The standard InChI is InChI=1S/C22H22Cl3N3O/c1-22(2,3)20-12-18(28(27-20)17-6-4-5-15(23)10-17)13-26-21(29)9-14-7-8-16(24)11-19(14)25/h4-8,10-12H,9,13H2,1-3H3,(H,26,29). The Hall–Kier alpha value is -2.01. The summed E-state index contributed by atoms with van der Waals surface area (Å²) < 4.78 is 1.82. The fraction of sp³-hybridized carbons (Fsp3) is 0.273. The van der Waals surface area contributed by atoms with Gasteiger partial charge in [0.2, 0.25) is 5.91 Å².